The second-order valence-electron chi connectivity index (χ2n) is 8.42. The highest BCUT2D eigenvalue weighted by atomic mass is 19.1. The largest absolute Gasteiger partial charge is 0.493 e. The second-order valence-corrected chi connectivity index (χ2v) is 8.42. The van der Waals surface area contributed by atoms with Gasteiger partial charge in [-0.1, -0.05) is 54.6 Å². The molecule has 0 radical (unpaired) electrons. The molecule has 10 heteroatoms. The Morgan fingerprint density at radius 1 is 1.03 bits per heavy atom. The van der Waals surface area contributed by atoms with Crippen LogP contribution in [0.25, 0.3) is 22.3 Å². The topological polar surface area (TPSA) is 109 Å². The fourth-order valence-corrected chi connectivity index (χ4v) is 3.98. The number of methoxy groups -OCH3 is 1. The van der Waals surface area contributed by atoms with E-state index in [4.69, 9.17) is 9.47 Å². The van der Waals surface area contributed by atoms with E-state index in [1.54, 1.807) is 24.3 Å². The summed E-state index contributed by atoms with van der Waals surface area (Å²) in [7, 11) is 1.36. The van der Waals surface area contributed by atoms with Crippen molar-refractivity contribution in [3.8, 4) is 22.9 Å². The average molecular weight is 525 g/mol. The monoisotopic (exact) mass is 524 g/mol. The third-order valence-electron chi connectivity index (χ3n) is 5.88. The summed E-state index contributed by atoms with van der Waals surface area (Å²) in [4.78, 5) is 29.3. The van der Waals surface area contributed by atoms with Crippen LogP contribution < -0.4 is 15.0 Å². The zero-order valence-corrected chi connectivity index (χ0v) is 20.7. The minimum absolute atomic E-state index is 0.0382. The molecule has 0 saturated heterocycles. The van der Waals surface area contributed by atoms with Crippen molar-refractivity contribution >= 4 is 22.8 Å². The number of halogens is 1. The smallest absolute Gasteiger partial charge is 0.315 e. The number of aromatic nitrogens is 2. The molecule has 0 aliphatic carbocycles. The Morgan fingerprint density at radius 2 is 1.74 bits per heavy atom. The first kappa shape index (κ1) is 25.3. The summed E-state index contributed by atoms with van der Waals surface area (Å²) >= 11 is 0. The molecule has 0 atom stereocenters. The summed E-state index contributed by atoms with van der Waals surface area (Å²) in [5, 5.41) is 16.7. The van der Waals surface area contributed by atoms with Crippen LogP contribution in [0.15, 0.2) is 101 Å². The van der Waals surface area contributed by atoms with Gasteiger partial charge in [-0.25, -0.2) is 9.37 Å². The van der Waals surface area contributed by atoms with Gasteiger partial charge < -0.3 is 9.47 Å². The molecule has 194 valence electrons. The van der Waals surface area contributed by atoms with Crippen LogP contribution in [-0.4, -0.2) is 27.9 Å². The van der Waals surface area contributed by atoms with E-state index in [1.807, 2.05) is 30.3 Å². The minimum Gasteiger partial charge on any atom is -0.493 e. The zero-order chi connectivity index (χ0) is 27.4. The SMILES string of the molecule is COc1cc(C=Nn2c(-c3ccccc3)nc3ccccc3c2=O)cc([N+](=O)[O-])c1OCc1ccc(F)cc1. The maximum Gasteiger partial charge on any atom is 0.315 e. The lowest BCUT2D eigenvalue weighted by atomic mass is 10.1. The zero-order valence-electron chi connectivity index (χ0n) is 20.7. The average Bonchev–Trinajstić information content (AvgIpc) is 2.96. The lowest BCUT2D eigenvalue weighted by Crippen LogP contribution is -2.20. The molecule has 0 spiro atoms. The van der Waals surface area contributed by atoms with Gasteiger partial charge in [-0.15, -0.1) is 0 Å². The molecular formula is C29H21FN4O5. The van der Waals surface area contributed by atoms with Crippen molar-refractivity contribution in [1.82, 2.24) is 9.66 Å². The van der Waals surface area contributed by atoms with Gasteiger partial charge in [0.05, 0.1) is 29.2 Å². The molecule has 0 bridgehead atoms. The third-order valence-corrected chi connectivity index (χ3v) is 5.88. The van der Waals surface area contributed by atoms with E-state index >= 15 is 0 Å². The molecule has 0 aliphatic heterocycles. The highest BCUT2D eigenvalue weighted by Gasteiger charge is 2.22. The van der Waals surface area contributed by atoms with E-state index in [0.29, 0.717) is 33.4 Å². The lowest BCUT2D eigenvalue weighted by molar-refractivity contribution is -0.386. The Labute approximate surface area is 221 Å². The number of nitrogens with zero attached hydrogens (tertiary/aromatic N) is 4. The maximum absolute atomic E-state index is 13.4. The van der Waals surface area contributed by atoms with E-state index in [0.717, 1.165) is 4.68 Å². The van der Waals surface area contributed by atoms with Crippen LogP contribution in [0.1, 0.15) is 11.1 Å². The summed E-state index contributed by atoms with van der Waals surface area (Å²) in [6.07, 6.45) is 1.32. The third kappa shape index (κ3) is 5.35. The molecule has 5 rings (SSSR count). The molecule has 4 aromatic carbocycles. The van der Waals surface area contributed by atoms with Gasteiger partial charge in [-0.2, -0.15) is 9.78 Å². The fraction of sp³-hybridized carbons (Fsp3) is 0.0690. The van der Waals surface area contributed by atoms with E-state index in [2.05, 4.69) is 10.1 Å². The van der Waals surface area contributed by atoms with Crippen molar-refractivity contribution in [2.75, 3.05) is 7.11 Å². The van der Waals surface area contributed by atoms with Crippen molar-refractivity contribution in [2.24, 2.45) is 5.10 Å². The van der Waals surface area contributed by atoms with E-state index in [-0.39, 0.29) is 23.8 Å². The molecule has 0 unspecified atom stereocenters. The van der Waals surface area contributed by atoms with Gasteiger partial charge in [0.2, 0.25) is 5.75 Å². The summed E-state index contributed by atoms with van der Waals surface area (Å²) in [5.41, 5.74) is 1.36. The van der Waals surface area contributed by atoms with Gasteiger partial charge in [0.15, 0.2) is 11.6 Å². The first-order valence-corrected chi connectivity index (χ1v) is 11.8. The lowest BCUT2D eigenvalue weighted by Gasteiger charge is -2.12. The maximum atomic E-state index is 13.4. The Balaban J connectivity index is 1.56. The molecule has 39 heavy (non-hydrogen) atoms. The number of nitro groups is 1. The fourth-order valence-electron chi connectivity index (χ4n) is 3.98. The Kier molecular flexibility index (Phi) is 7.09. The highest BCUT2D eigenvalue weighted by molar-refractivity contribution is 5.84. The first-order chi connectivity index (χ1) is 18.9. The van der Waals surface area contributed by atoms with Crippen molar-refractivity contribution in [2.45, 2.75) is 6.61 Å². The van der Waals surface area contributed by atoms with Crippen LogP contribution in [0.2, 0.25) is 0 Å². The number of nitro benzene ring substituents is 1. The molecular weight excluding hydrogens is 503 g/mol. The Hall–Kier alpha value is -5.38. The van der Waals surface area contributed by atoms with Crippen LogP contribution in [0.4, 0.5) is 10.1 Å². The number of para-hydroxylation sites is 1. The number of fused-ring (bicyclic) bond motifs is 1. The van der Waals surface area contributed by atoms with Crippen LogP contribution >= 0.6 is 0 Å². The van der Waals surface area contributed by atoms with Gasteiger partial charge in [0, 0.05) is 17.2 Å². The molecule has 0 amide bonds. The van der Waals surface area contributed by atoms with Crippen molar-refractivity contribution < 1.29 is 18.8 Å². The van der Waals surface area contributed by atoms with Crippen molar-refractivity contribution in [3.05, 3.63) is 128 Å². The van der Waals surface area contributed by atoms with Crippen molar-refractivity contribution in [1.29, 1.82) is 0 Å². The normalized spacial score (nSPS) is 11.1. The molecule has 1 heterocycles. The molecule has 1 aromatic heterocycles. The van der Waals surface area contributed by atoms with Crippen LogP contribution in [0.3, 0.4) is 0 Å². The number of benzene rings is 4. The molecule has 5 aromatic rings. The molecule has 9 nitrogen and oxygen atoms in total. The molecule has 0 saturated carbocycles. The second kappa shape index (κ2) is 10.9. The molecule has 0 aliphatic rings. The minimum atomic E-state index is -0.598. The van der Waals surface area contributed by atoms with Crippen LogP contribution in [0, 0.1) is 15.9 Å². The van der Waals surface area contributed by atoms with Crippen LogP contribution in [-0.2, 0) is 6.61 Å². The van der Waals surface area contributed by atoms with Crippen molar-refractivity contribution in [3.63, 3.8) is 0 Å². The molecule has 0 N–H and O–H groups in total. The van der Waals surface area contributed by atoms with E-state index < -0.39 is 16.3 Å². The van der Waals surface area contributed by atoms with Gasteiger partial charge in [0.1, 0.15) is 12.4 Å². The van der Waals surface area contributed by atoms with Gasteiger partial charge in [0.25, 0.3) is 5.56 Å². The Morgan fingerprint density at radius 3 is 2.46 bits per heavy atom. The standard InChI is InChI=1S/C29H21FN4O5/c1-38-26-16-20(15-25(34(36)37)27(26)39-18-19-11-13-22(30)14-12-19)17-31-33-28(21-7-3-2-4-8-21)32-24-10-6-5-9-23(24)29(33)35/h2-17H,18H2,1H3. The highest BCUT2D eigenvalue weighted by Crippen LogP contribution is 2.38. The van der Waals surface area contributed by atoms with Crippen LogP contribution in [0.5, 0.6) is 11.5 Å². The van der Waals surface area contributed by atoms with Gasteiger partial charge in [-0.05, 0) is 35.9 Å². The predicted octanol–water partition coefficient (Wildman–Crippen LogP) is 5.58. The van der Waals surface area contributed by atoms with Gasteiger partial charge in [-0.3, -0.25) is 14.9 Å². The predicted molar refractivity (Wildman–Crippen MR) is 145 cm³/mol. The molecule has 0 fully saturated rings. The first-order valence-electron chi connectivity index (χ1n) is 11.8. The summed E-state index contributed by atoms with van der Waals surface area (Å²) in [5.74, 6) is -0.0723. The summed E-state index contributed by atoms with van der Waals surface area (Å²) < 4.78 is 25.5. The number of rotatable bonds is 8. The number of hydrogen-bond donors (Lipinski definition) is 0. The van der Waals surface area contributed by atoms with E-state index in [1.165, 1.54) is 49.7 Å². The summed E-state index contributed by atoms with van der Waals surface area (Å²) in [6.45, 7) is -0.0382. The number of hydrogen-bond acceptors (Lipinski definition) is 7. The summed E-state index contributed by atoms with van der Waals surface area (Å²) in [6, 6.07) is 24.4. The van der Waals surface area contributed by atoms with E-state index in [9.17, 15) is 19.3 Å². The van der Waals surface area contributed by atoms with Gasteiger partial charge >= 0.3 is 5.69 Å². The Bertz CT molecular complexity index is 1750. The number of ether oxygens (including phenoxy) is 2. The quantitative estimate of drug-likeness (QED) is 0.149.